The molecule has 2 aliphatic rings. The Morgan fingerprint density at radius 1 is 0.838 bits per heavy atom. The Labute approximate surface area is 224 Å². The lowest BCUT2D eigenvalue weighted by Crippen LogP contribution is -2.41. The highest BCUT2D eigenvalue weighted by Crippen LogP contribution is 2.37. The average molecular weight is 511 g/mol. The summed E-state index contributed by atoms with van der Waals surface area (Å²) in [5.74, 6) is 0.240. The summed E-state index contributed by atoms with van der Waals surface area (Å²) in [5.41, 5.74) is 2.23. The van der Waals surface area contributed by atoms with Gasteiger partial charge in [-0.05, 0) is 33.8 Å². The van der Waals surface area contributed by atoms with Crippen molar-refractivity contribution in [1.82, 2.24) is 9.55 Å². The van der Waals surface area contributed by atoms with Crippen LogP contribution in [-0.4, -0.2) is 41.1 Å². The van der Waals surface area contributed by atoms with E-state index in [1.54, 1.807) is 0 Å². The molecule has 0 amide bonds. The van der Waals surface area contributed by atoms with Crippen molar-refractivity contribution in [3.63, 3.8) is 0 Å². The van der Waals surface area contributed by atoms with E-state index in [1.807, 2.05) is 84.1 Å². The molecule has 0 spiro atoms. The molecule has 204 valence electrons. The van der Waals surface area contributed by atoms with Crippen LogP contribution in [0.4, 0.5) is 0 Å². The molecule has 4 heterocycles. The molecule has 5 rings (SSSR count). The van der Waals surface area contributed by atoms with E-state index in [2.05, 4.69) is 49.5 Å². The number of rotatable bonds is 4. The van der Waals surface area contributed by atoms with Gasteiger partial charge in [-0.1, -0.05) is 77.9 Å². The Bertz CT molecular complexity index is 1040. The lowest BCUT2D eigenvalue weighted by Gasteiger charge is -2.32. The summed E-state index contributed by atoms with van der Waals surface area (Å²) in [6.45, 7) is 22.3. The van der Waals surface area contributed by atoms with E-state index >= 15 is 0 Å². The van der Waals surface area contributed by atoms with E-state index in [0.29, 0.717) is 13.2 Å². The molecule has 2 fully saturated rings. The van der Waals surface area contributed by atoms with Gasteiger partial charge >= 0.3 is 7.12 Å². The molecule has 6 nitrogen and oxygen atoms in total. The normalized spacial score (nSPS) is 21.6. The van der Waals surface area contributed by atoms with Crippen molar-refractivity contribution < 1.29 is 18.8 Å². The van der Waals surface area contributed by atoms with Crippen LogP contribution in [0.3, 0.4) is 0 Å². The van der Waals surface area contributed by atoms with Gasteiger partial charge in [-0.2, -0.15) is 0 Å². The van der Waals surface area contributed by atoms with Crippen LogP contribution in [0.15, 0.2) is 54.9 Å². The zero-order valence-corrected chi connectivity index (χ0v) is 24.6. The van der Waals surface area contributed by atoms with E-state index in [9.17, 15) is 0 Å². The summed E-state index contributed by atoms with van der Waals surface area (Å²) in [6.07, 6.45) is 3.65. The van der Waals surface area contributed by atoms with E-state index in [-0.39, 0.29) is 23.4 Å². The minimum atomic E-state index is -0.417. The largest absolute Gasteiger partial charge is 0.497 e. The maximum Gasteiger partial charge on any atom is 0.497 e. The third kappa shape index (κ3) is 7.02. The van der Waals surface area contributed by atoms with Gasteiger partial charge in [0.15, 0.2) is 6.29 Å². The van der Waals surface area contributed by atoms with Crippen LogP contribution < -0.4 is 5.46 Å². The smallest absolute Gasteiger partial charge is 0.399 e. The van der Waals surface area contributed by atoms with Gasteiger partial charge in [-0.3, -0.25) is 0 Å². The molecular formula is C30H47BN2O4. The number of aromatic nitrogens is 2. The summed E-state index contributed by atoms with van der Waals surface area (Å²) < 4.78 is 26.8. The Morgan fingerprint density at radius 3 is 1.97 bits per heavy atom. The molecule has 2 saturated heterocycles. The van der Waals surface area contributed by atoms with Crippen molar-refractivity contribution in [1.29, 1.82) is 0 Å². The number of hydrogen-bond acceptors (Lipinski definition) is 5. The number of pyridine rings is 1. The topological polar surface area (TPSA) is 54.7 Å². The van der Waals surface area contributed by atoms with Crippen molar-refractivity contribution in [2.45, 2.75) is 93.3 Å². The fourth-order valence-electron chi connectivity index (χ4n) is 4.18. The van der Waals surface area contributed by atoms with Crippen LogP contribution in [0.2, 0.25) is 0 Å². The zero-order valence-electron chi connectivity index (χ0n) is 24.6. The predicted octanol–water partition coefficient (Wildman–Crippen LogP) is 6.78. The predicted molar refractivity (Wildman–Crippen MR) is 154 cm³/mol. The maximum atomic E-state index is 6.31. The molecule has 1 aromatic carbocycles. The summed E-state index contributed by atoms with van der Waals surface area (Å²) >= 11 is 0. The molecular weight excluding hydrogens is 463 g/mol. The molecule has 2 aliphatic heterocycles. The van der Waals surface area contributed by atoms with Crippen molar-refractivity contribution in [3.8, 4) is 0 Å². The second kappa shape index (κ2) is 14.1. The molecule has 3 aromatic rings. The van der Waals surface area contributed by atoms with Gasteiger partial charge in [0.2, 0.25) is 0 Å². The zero-order chi connectivity index (χ0) is 27.6. The van der Waals surface area contributed by atoms with Gasteiger partial charge in [0, 0.05) is 41.3 Å². The van der Waals surface area contributed by atoms with Gasteiger partial charge in [0.1, 0.15) is 5.65 Å². The molecule has 0 atom stereocenters. The first-order chi connectivity index (χ1) is 17.8. The van der Waals surface area contributed by atoms with Crippen molar-refractivity contribution in [3.05, 3.63) is 60.4 Å². The standard InChI is InChI=1S/C24H29BN2O4.3C2H6/c1-23(2)24(3,4)31-25(30-23)20-14-27(21-19(20)11-8-12-26-21)13-17-15-28-22(29-16-17)18-9-6-5-7-10-18;3*1-2/h5-12,14,17,22H,13,15-16H2,1-4H3;3*1-2H3. The summed E-state index contributed by atoms with van der Waals surface area (Å²) in [6, 6.07) is 14.1. The van der Waals surface area contributed by atoms with Crippen molar-refractivity contribution in [2.75, 3.05) is 13.2 Å². The van der Waals surface area contributed by atoms with Crippen LogP contribution in [-0.2, 0) is 25.3 Å². The van der Waals surface area contributed by atoms with E-state index in [1.165, 1.54) is 0 Å². The van der Waals surface area contributed by atoms with Gasteiger partial charge < -0.3 is 23.3 Å². The minimum Gasteiger partial charge on any atom is -0.399 e. The second-order valence-electron chi connectivity index (χ2n) is 9.47. The average Bonchev–Trinajstić information content (AvgIpc) is 3.41. The van der Waals surface area contributed by atoms with E-state index in [0.717, 1.165) is 28.6 Å². The maximum absolute atomic E-state index is 6.31. The molecule has 7 heteroatoms. The summed E-state index contributed by atoms with van der Waals surface area (Å²) in [7, 11) is -0.417. The number of fused-ring (bicyclic) bond motifs is 1. The first kappa shape index (κ1) is 31.0. The van der Waals surface area contributed by atoms with Crippen LogP contribution in [0.1, 0.15) is 81.1 Å². The molecule has 0 saturated carbocycles. The van der Waals surface area contributed by atoms with E-state index in [4.69, 9.17) is 18.8 Å². The first-order valence-corrected chi connectivity index (χ1v) is 13.9. The Morgan fingerprint density at radius 2 is 1.41 bits per heavy atom. The SMILES string of the molecule is CC.CC.CC.CC1(C)OB(c2cn(CC3COC(c4ccccc4)OC3)c3ncccc23)OC1(C)C. The highest BCUT2D eigenvalue weighted by atomic mass is 16.7. The monoisotopic (exact) mass is 510 g/mol. The van der Waals surface area contributed by atoms with E-state index < -0.39 is 7.12 Å². The quantitative estimate of drug-likeness (QED) is 0.363. The Balaban J connectivity index is 0.000000750. The van der Waals surface area contributed by atoms with Gasteiger partial charge in [-0.15, -0.1) is 0 Å². The molecule has 37 heavy (non-hydrogen) atoms. The van der Waals surface area contributed by atoms with Crippen molar-refractivity contribution in [2.24, 2.45) is 5.92 Å². The Kier molecular flexibility index (Phi) is 11.8. The molecule has 0 bridgehead atoms. The van der Waals surface area contributed by atoms with Gasteiger partial charge in [-0.25, -0.2) is 4.98 Å². The van der Waals surface area contributed by atoms with Gasteiger partial charge in [0.25, 0.3) is 0 Å². The van der Waals surface area contributed by atoms with Crippen LogP contribution in [0.25, 0.3) is 11.0 Å². The number of hydrogen-bond donors (Lipinski definition) is 0. The number of ether oxygens (including phenoxy) is 2. The highest BCUT2D eigenvalue weighted by molar-refractivity contribution is 6.65. The second-order valence-corrected chi connectivity index (χ2v) is 9.47. The molecule has 0 radical (unpaired) electrons. The highest BCUT2D eigenvalue weighted by Gasteiger charge is 2.52. The molecule has 0 unspecified atom stereocenters. The minimum absolute atomic E-state index is 0.240. The van der Waals surface area contributed by atoms with Crippen LogP contribution in [0, 0.1) is 5.92 Å². The van der Waals surface area contributed by atoms with Crippen LogP contribution >= 0.6 is 0 Å². The fraction of sp³-hybridized carbons (Fsp3) is 0.567. The third-order valence-corrected chi connectivity index (χ3v) is 6.67. The first-order valence-electron chi connectivity index (χ1n) is 13.9. The van der Waals surface area contributed by atoms with Crippen LogP contribution in [0.5, 0.6) is 0 Å². The number of nitrogens with zero attached hydrogens (tertiary/aromatic N) is 2. The fourth-order valence-corrected chi connectivity index (χ4v) is 4.18. The summed E-state index contributed by atoms with van der Waals surface area (Å²) in [5, 5.41) is 1.06. The molecule has 0 N–H and O–H groups in total. The lowest BCUT2D eigenvalue weighted by molar-refractivity contribution is -0.206. The lowest BCUT2D eigenvalue weighted by atomic mass is 9.79. The van der Waals surface area contributed by atoms with Crippen molar-refractivity contribution >= 4 is 23.6 Å². The van der Waals surface area contributed by atoms with Gasteiger partial charge in [0.05, 0.1) is 24.4 Å². The third-order valence-electron chi connectivity index (χ3n) is 6.67. The molecule has 0 aliphatic carbocycles. The summed E-state index contributed by atoms with van der Waals surface area (Å²) in [4.78, 5) is 4.64. The molecule has 2 aromatic heterocycles. The Hall–Kier alpha value is -2.19. The number of benzene rings is 1.